The number of alkyl halides is 3. The summed E-state index contributed by atoms with van der Waals surface area (Å²) in [7, 11) is 0. The zero-order chi connectivity index (χ0) is 12.3. The largest absolute Gasteiger partial charge is 0.411 e. The predicted molar refractivity (Wildman–Crippen MR) is 57.9 cm³/mol. The van der Waals surface area contributed by atoms with Crippen LogP contribution in [0.1, 0.15) is 12.8 Å². The molecular weight excluding hydrogens is 233 g/mol. The highest BCUT2D eigenvalue weighted by atomic mass is 19.4. The van der Waals surface area contributed by atoms with E-state index in [4.69, 9.17) is 0 Å². The standard InChI is InChI=1S/C11H19F3N2O/c12-11(13,14)9-17-7-6-15-4-5-16-3-1-2-10(16)8-15/h10H,1-9H2. The minimum Gasteiger partial charge on any atom is -0.371 e. The first-order valence-corrected chi connectivity index (χ1v) is 6.15. The third-order valence-corrected chi connectivity index (χ3v) is 3.49. The predicted octanol–water partition coefficient (Wildman–Crippen LogP) is 1.35. The molecule has 0 bridgehead atoms. The quantitative estimate of drug-likeness (QED) is 0.702. The zero-order valence-corrected chi connectivity index (χ0v) is 9.88. The Labute approximate surface area is 99.5 Å². The number of piperazine rings is 1. The van der Waals surface area contributed by atoms with E-state index < -0.39 is 12.8 Å². The summed E-state index contributed by atoms with van der Waals surface area (Å²) in [6.45, 7) is 3.82. The molecule has 2 saturated heterocycles. The molecule has 2 rings (SSSR count). The maximum absolute atomic E-state index is 11.9. The molecular formula is C11H19F3N2O. The summed E-state index contributed by atoms with van der Waals surface area (Å²) in [6, 6.07) is 0.617. The first-order chi connectivity index (χ1) is 8.04. The van der Waals surface area contributed by atoms with Gasteiger partial charge in [-0.2, -0.15) is 13.2 Å². The number of fused-ring (bicyclic) bond motifs is 1. The average Bonchev–Trinajstić information content (AvgIpc) is 2.70. The van der Waals surface area contributed by atoms with Crippen LogP contribution in [-0.4, -0.2) is 68.0 Å². The Hall–Kier alpha value is -0.330. The fraction of sp³-hybridized carbons (Fsp3) is 1.00. The zero-order valence-electron chi connectivity index (χ0n) is 9.88. The summed E-state index contributed by atoms with van der Waals surface area (Å²) < 4.78 is 40.2. The Kier molecular flexibility index (Phi) is 4.27. The van der Waals surface area contributed by atoms with Gasteiger partial charge in [0.1, 0.15) is 6.61 Å². The molecule has 0 saturated carbocycles. The molecule has 0 radical (unpaired) electrons. The number of halogens is 3. The van der Waals surface area contributed by atoms with E-state index in [1.807, 2.05) is 0 Å². The molecule has 0 aromatic carbocycles. The van der Waals surface area contributed by atoms with Crippen molar-refractivity contribution in [2.45, 2.75) is 25.1 Å². The number of hydrogen-bond donors (Lipinski definition) is 0. The summed E-state index contributed by atoms with van der Waals surface area (Å²) in [5.41, 5.74) is 0. The van der Waals surface area contributed by atoms with Crippen molar-refractivity contribution in [2.24, 2.45) is 0 Å². The molecule has 0 spiro atoms. The molecule has 3 nitrogen and oxygen atoms in total. The fourth-order valence-corrected chi connectivity index (χ4v) is 2.64. The van der Waals surface area contributed by atoms with E-state index in [0.29, 0.717) is 12.6 Å². The van der Waals surface area contributed by atoms with E-state index in [0.717, 1.165) is 19.6 Å². The summed E-state index contributed by atoms with van der Waals surface area (Å²) in [6.07, 6.45) is -1.73. The highest BCUT2D eigenvalue weighted by molar-refractivity contribution is 4.86. The van der Waals surface area contributed by atoms with E-state index in [2.05, 4.69) is 14.5 Å². The van der Waals surface area contributed by atoms with E-state index in [1.54, 1.807) is 0 Å². The van der Waals surface area contributed by atoms with Gasteiger partial charge in [0, 0.05) is 32.2 Å². The molecule has 1 atom stereocenters. The van der Waals surface area contributed by atoms with Crippen molar-refractivity contribution in [3.05, 3.63) is 0 Å². The van der Waals surface area contributed by atoms with Crippen LogP contribution in [0.4, 0.5) is 13.2 Å². The summed E-state index contributed by atoms with van der Waals surface area (Å²) in [5.74, 6) is 0. The molecule has 0 aromatic heterocycles. The lowest BCUT2D eigenvalue weighted by molar-refractivity contribution is -0.174. The van der Waals surface area contributed by atoms with Crippen molar-refractivity contribution in [1.82, 2.24) is 9.80 Å². The molecule has 6 heteroatoms. The minimum atomic E-state index is -4.20. The Balaban J connectivity index is 1.60. The van der Waals surface area contributed by atoms with Gasteiger partial charge in [0.2, 0.25) is 0 Å². The monoisotopic (exact) mass is 252 g/mol. The molecule has 0 aromatic rings. The van der Waals surface area contributed by atoms with Gasteiger partial charge >= 0.3 is 6.18 Å². The molecule has 1 unspecified atom stereocenters. The van der Waals surface area contributed by atoms with Gasteiger partial charge < -0.3 is 4.74 Å². The van der Waals surface area contributed by atoms with Gasteiger partial charge in [-0.25, -0.2) is 0 Å². The Morgan fingerprint density at radius 2 is 2.00 bits per heavy atom. The number of ether oxygens (including phenoxy) is 1. The topological polar surface area (TPSA) is 15.7 Å². The lowest BCUT2D eigenvalue weighted by Gasteiger charge is -2.37. The lowest BCUT2D eigenvalue weighted by Crippen LogP contribution is -2.50. The van der Waals surface area contributed by atoms with Crippen LogP contribution in [0.25, 0.3) is 0 Å². The SMILES string of the molecule is FC(F)(F)COCCN1CCN2CCCC2C1. The summed E-state index contributed by atoms with van der Waals surface area (Å²) in [5, 5.41) is 0. The first kappa shape index (κ1) is 13.1. The number of nitrogens with zero attached hydrogens (tertiary/aromatic N) is 2. The maximum atomic E-state index is 11.9. The van der Waals surface area contributed by atoms with Crippen LogP contribution in [0.2, 0.25) is 0 Å². The second kappa shape index (κ2) is 5.54. The second-order valence-electron chi connectivity index (χ2n) is 4.80. The van der Waals surface area contributed by atoms with Gasteiger partial charge in [-0.05, 0) is 19.4 Å². The van der Waals surface area contributed by atoms with Crippen LogP contribution in [0, 0.1) is 0 Å². The molecule has 2 aliphatic rings. The van der Waals surface area contributed by atoms with Gasteiger partial charge in [-0.1, -0.05) is 0 Å². The molecule has 100 valence electrons. The summed E-state index contributed by atoms with van der Waals surface area (Å²) >= 11 is 0. The molecule has 2 aliphatic heterocycles. The third-order valence-electron chi connectivity index (χ3n) is 3.49. The molecule has 0 aliphatic carbocycles. The van der Waals surface area contributed by atoms with Crippen LogP contribution in [-0.2, 0) is 4.74 Å². The van der Waals surface area contributed by atoms with Gasteiger partial charge in [-0.15, -0.1) is 0 Å². The maximum Gasteiger partial charge on any atom is 0.411 e. The van der Waals surface area contributed by atoms with Crippen molar-refractivity contribution in [3.8, 4) is 0 Å². The van der Waals surface area contributed by atoms with Crippen LogP contribution in [0.3, 0.4) is 0 Å². The number of hydrogen-bond acceptors (Lipinski definition) is 3. The number of rotatable bonds is 4. The third kappa shape index (κ3) is 4.12. The molecule has 0 amide bonds. The van der Waals surface area contributed by atoms with E-state index in [1.165, 1.54) is 19.4 Å². The van der Waals surface area contributed by atoms with Crippen LogP contribution in [0.15, 0.2) is 0 Å². The van der Waals surface area contributed by atoms with Crippen LogP contribution >= 0.6 is 0 Å². The first-order valence-electron chi connectivity index (χ1n) is 6.15. The van der Waals surface area contributed by atoms with Gasteiger partial charge in [0.05, 0.1) is 6.61 Å². The van der Waals surface area contributed by atoms with Crippen molar-refractivity contribution < 1.29 is 17.9 Å². The van der Waals surface area contributed by atoms with Crippen molar-refractivity contribution >= 4 is 0 Å². The van der Waals surface area contributed by atoms with E-state index in [9.17, 15) is 13.2 Å². The average molecular weight is 252 g/mol. The Morgan fingerprint density at radius 3 is 2.76 bits per heavy atom. The van der Waals surface area contributed by atoms with Gasteiger partial charge in [-0.3, -0.25) is 9.80 Å². The Morgan fingerprint density at radius 1 is 1.18 bits per heavy atom. The highest BCUT2D eigenvalue weighted by Crippen LogP contribution is 2.21. The smallest absolute Gasteiger partial charge is 0.371 e. The molecule has 0 N–H and O–H groups in total. The highest BCUT2D eigenvalue weighted by Gasteiger charge is 2.30. The summed E-state index contributed by atoms with van der Waals surface area (Å²) in [4.78, 5) is 4.69. The van der Waals surface area contributed by atoms with E-state index in [-0.39, 0.29) is 6.61 Å². The minimum absolute atomic E-state index is 0.173. The van der Waals surface area contributed by atoms with Crippen molar-refractivity contribution in [2.75, 3.05) is 45.9 Å². The Bertz CT molecular complexity index is 247. The molecule has 17 heavy (non-hydrogen) atoms. The van der Waals surface area contributed by atoms with Crippen LogP contribution < -0.4 is 0 Å². The second-order valence-corrected chi connectivity index (χ2v) is 4.80. The van der Waals surface area contributed by atoms with Crippen LogP contribution in [0.5, 0.6) is 0 Å². The van der Waals surface area contributed by atoms with E-state index >= 15 is 0 Å². The van der Waals surface area contributed by atoms with Crippen molar-refractivity contribution in [3.63, 3.8) is 0 Å². The lowest BCUT2D eigenvalue weighted by atomic mass is 10.1. The van der Waals surface area contributed by atoms with Gasteiger partial charge in [0.25, 0.3) is 0 Å². The van der Waals surface area contributed by atoms with Gasteiger partial charge in [0.15, 0.2) is 0 Å². The molecule has 2 fully saturated rings. The fourth-order valence-electron chi connectivity index (χ4n) is 2.64. The van der Waals surface area contributed by atoms with Crippen molar-refractivity contribution in [1.29, 1.82) is 0 Å². The normalized spacial score (nSPS) is 27.4. The molecule has 2 heterocycles.